The first-order chi connectivity index (χ1) is 9.56. The van der Waals surface area contributed by atoms with Crippen LogP contribution in [0.1, 0.15) is 0 Å². The Kier molecular flexibility index (Phi) is 4.01. The summed E-state index contributed by atoms with van der Waals surface area (Å²) >= 11 is 4.80. The van der Waals surface area contributed by atoms with Gasteiger partial charge in [0.15, 0.2) is 10.1 Å². The van der Waals surface area contributed by atoms with Gasteiger partial charge in [-0.25, -0.2) is 0 Å². The Labute approximate surface area is 130 Å². The Hall–Kier alpha value is -0.660. The number of nitrogens with zero attached hydrogens (tertiary/aromatic N) is 2. The van der Waals surface area contributed by atoms with Crippen molar-refractivity contribution >= 4 is 33.6 Å². The SMILES string of the molecule is CN1CCN(C(=O)C2CSC3=C2C(O)=CC(Br)O3)CC1. The number of halogens is 1. The molecule has 3 rings (SSSR count). The molecule has 0 aromatic rings. The maximum atomic E-state index is 12.6. The Bertz CT molecular complexity index is 486. The number of rotatable bonds is 1. The Morgan fingerprint density at radius 1 is 1.45 bits per heavy atom. The molecule has 1 amide bonds. The second-order valence-electron chi connectivity index (χ2n) is 5.21. The molecular formula is C13H17BrN2O3S. The van der Waals surface area contributed by atoms with E-state index in [-0.39, 0.29) is 22.6 Å². The van der Waals surface area contributed by atoms with Crippen LogP contribution in [0.3, 0.4) is 0 Å². The minimum absolute atomic E-state index is 0.104. The molecule has 2 unspecified atom stereocenters. The van der Waals surface area contributed by atoms with Crippen LogP contribution in [-0.2, 0) is 9.53 Å². The number of thioether (sulfide) groups is 1. The summed E-state index contributed by atoms with van der Waals surface area (Å²) in [7, 11) is 2.06. The van der Waals surface area contributed by atoms with Crippen LogP contribution in [0.4, 0.5) is 0 Å². The molecule has 20 heavy (non-hydrogen) atoms. The van der Waals surface area contributed by atoms with E-state index < -0.39 is 0 Å². The Morgan fingerprint density at radius 3 is 2.85 bits per heavy atom. The number of allylic oxidation sites excluding steroid dienone is 1. The molecule has 0 spiro atoms. The van der Waals surface area contributed by atoms with Crippen molar-refractivity contribution in [1.29, 1.82) is 0 Å². The molecule has 1 N–H and O–H groups in total. The van der Waals surface area contributed by atoms with Crippen LogP contribution in [0.25, 0.3) is 0 Å². The zero-order valence-electron chi connectivity index (χ0n) is 11.2. The van der Waals surface area contributed by atoms with Gasteiger partial charge < -0.3 is 19.6 Å². The van der Waals surface area contributed by atoms with Crippen LogP contribution < -0.4 is 0 Å². The van der Waals surface area contributed by atoms with Crippen LogP contribution in [-0.4, -0.2) is 64.8 Å². The molecule has 0 aromatic heterocycles. The van der Waals surface area contributed by atoms with Crippen molar-refractivity contribution in [1.82, 2.24) is 9.80 Å². The molecule has 3 heterocycles. The Morgan fingerprint density at radius 2 is 2.15 bits per heavy atom. The number of amides is 1. The maximum Gasteiger partial charge on any atom is 0.231 e. The average molecular weight is 361 g/mol. The molecule has 0 saturated carbocycles. The number of aliphatic hydroxyl groups excluding tert-OH is 1. The van der Waals surface area contributed by atoms with Gasteiger partial charge in [0.2, 0.25) is 5.91 Å². The fourth-order valence-electron chi connectivity index (χ4n) is 2.64. The van der Waals surface area contributed by atoms with E-state index in [0.29, 0.717) is 16.4 Å². The number of alkyl halides is 1. The summed E-state index contributed by atoms with van der Waals surface area (Å²) in [6.45, 7) is 3.32. The lowest BCUT2D eigenvalue weighted by Gasteiger charge is -2.34. The molecule has 7 heteroatoms. The second-order valence-corrected chi connectivity index (χ2v) is 7.11. The normalized spacial score (nSPS) is 30.9. The summed E-state index contributed by atoms with van der Waals surface area (Å²) in [6, 6.07) is 0. The highest BCUT2D eigenvalue weighted by Crippen LogP contribution is 2.44. The van der Waals surface area contributed by atoms with Gasteiger partial charge in [0.25, 0.3) is 0 Å². The van der Waals surface area contributed by atoms with E-state index in [4.69, 9.17) is 4.74 Å². The van der Waals surface area contributed by atoms with Gasteiger partial charge in [-0.1, -0.05) is 11.8 Å². The van der Waals surface area contributed by atoms with E-state index in [9.17, 15) is 9.90 Å². The summed E-state index contributed by atoms with van der Waals surface area (Å²) in [5.41, 5.74) is 0.662. The molecule has 0 aromatic carbocycles. The second kappa shape index (κ2) is 5.61. The zero-order valence-corrected chi connectivity index (χ0v) is 13.6. The van der Waals surface area contributed by atoms with E-state index in [1.807, 2.05) is 4.90 Å². The van der Waals surface area contributed by atoms with Gasteiger partial charge in [0.1, 0.15) is 5.76 Å². The predicted octanol–water partition coefficient (Wildman–Crippen LogP) is 1.53. The molecular weight excluding hydrogens is 344 g/mol. The fourth-order valence-corrected chi connectivity index (χ4v) is 4.40. The van der Waals surface area contributed by atoms with Crippen molar-refractivity contribution in [2.75, 3.05) is 39.0 Å². The quantitative estimate of drug-likeness (QED) is 0.718. The number of likely N-dealkylation sites (N-methyl/N-ethyl adjacent to an activating group) is 1. The number of carbonyl (C=O) groups excluding carboxylic acids is 1. The lowest BCUT2D eigenvalue weighted by Crippen LogP contribution is -2.49. The number of ether oxygens (including phenoxy) is 1. The molecule has 1 saturated heterocycles. The maximum absolute atomic E-state index is 12.6. The molecule has 0 aliphatic carbocycles. The summed E-state index contributed by atoms with van der Waals surface area (Å²) in [6.07, 6.45) is 1.59. The molecule has 1 fully saturated rings. The molecule has 0 bridgehead atoms. The zero-order chi connectivity index (χ0) is 14.3. The molecule has 110 valence electrons. The fraction of sp³-hybridized carbons (Fsp3) is 0.615. The smallest absolute Gasteiger partial charge is 0.231 e. The van der Waals surface area contributed by atoms with E-state index >= 15 is 0 Å². The molecule has 3 aliphatic heterocycles. The third kappa shape index (κ3) is 2.58. The Balaban J connectivity index is 1.75. The molecule has 5 nitrogen and oxygen atoms in total. The van der Waals surface area contributed by atoms with Gasteiger partial charge in [-0.2, -0.15) is 0 Å². The molecule has 2 atom stereocenters. The highest BCUT2D eigenvalue weighted by atomic mass is 79.9. The summed E-state index contributed by atoms with van der Waals surface area (Å²) in [4.78, 5) is 16.8. The third-order valence-corrected chi connectivity index (χ3v) is 5.38. The minimum atomic E-state index is -0.314. The number of hydrogen-bond acceptors (Lipinski definition) is 5. The highest BCUT2D eigenvalue weighted by Gasteiger charge is 2.40. The van der Waals surface area contributed by atoms with Crippen LogP contribution in [0.2, 0.25) is 0 Å². The first kappa shape index (κ1) is 14.3. The van der Waals surface area contributed by atoms with Crippen molar-refractivity contribution in [2.24, 2.45) is 5.92 Å². The summed E-state index contributed by atoms with van der Waals surface area (Å²) < 4.78 is 5.61. The van der Waals surface area contributed by atoms with Crippen LogP contribution >= 0.6 is 27.7 Å². The topological polar surface area (TPSA) is 53.0 Å². The van der Waals surface area contributed by atoms with Gasteiger partial charge >= 0.3 is 0 Å². The lowest BCUT2D eigenvalue weighted by atomic mass is 9.97. The average Bonchev–Trinajstić information content (AvgIpc) is 2.82. The van der Waals surface area contributed by atoms with Gasteiger partial charge in [-0.15, -0.1) is 0 Å². The number of hydrogen-bond donors (Lipinski definition) is 1. The predicted molar refractivity (Wildman–Crippen MR) is 81.6 cm³/mol. The first-order valence-electron chi connectivity index (χ1n) is 6.62. The van der Waals surface area contributed by atoms with Crippen molar-refractivity contribution in [3.63, 3.8) is 0 Å². The highest BCUT2D eigenvalue weighted by molar-refractivity contribution is 9.09. The van der Waals surface area contributed by atoms with Crippen LogP contribution in [0, 0.1) is 5.92 Å². The van der Waals surface area contributed by atoms with Crippen molar-refractivity contribution in [3.05, 3.63) is 22.5 Å². The van der Waals surface area contributed by atoms with Crippen LogP contribution in [0.5, 0.6) is 0 Å². The van der Waals surface area contributed by atoms with Gasteiger partial charge in [0.05, 0.1) is 11.5 Å². The molecule has 3 aliphatic rings. The van der Waals surface area contributed by atoms with Crippen molar-refractivity contribution < 1.29 is 14.6 Å². The van der Waals surface area contributed by atoms with E-state index in [0.717, 1.165) is 26.2 Å². The molecule has 0 radical (unpaired) electrons. The minimum Gasteiger partial charge on any atom is -0.508 e. The van der Waals surface area contributed by atoms with Crippen molar-refractivity contribution in [3.8, 4) is 0 Å². The van der Waals surface area contributed by atoms with E-state index in [2.05, 4.69) is 27.9 Å². The van der Waals surface area contributed by atoms with Gasteiger partial charge in [-0.05, 0) is 23.0 Å². The van der Waals surface area contributed by atoms with Crippen LogP contribution in [0.15, 0.2) is 22.5 Å². The lowest BCUT2D eigenvalue weighted by molar-refractivity contribution is -0.135. The summed E-state index contributed by atoms with van der Waals surface area (Å²) in [5, 5.41) is 10.5. The van der Waals surface area contributed by atoms with E-state index in [1.165, 1.54) is 11.8 Å². The van der Waals surface area contributed by atoms with Gasteiger partial charge in [0, 0.05) is 38.0 Å². The monoisotopic (exact) mass is 360 g/mol. The summed E-state index contributed by atoms with van der Waals surface area (Å²) in [5.74, 6) is 0.639. The number of aliphatic hydroxyl groups is 1. The standard InChI is InChI=1S/C13H17BrN2O3S/c1-15-2-4-16(5-3-15)12(18)8-7-20-13-11(8)9(17)6-10(14)19-13/h6,8,10,17H,2-5,7H2,1H3. The number of piperazine rings is 1. The van der Waals surface area contributed by atoms with Crippen molar-refractivity contribution in [2.45, 2.75) is 5.01 Å². The van der Waals surface area contributed by atoms with E-state index in [1.54, 1.807) is 6.08 Å². The first-order valence-corrected chi connectivity index (χ1v) is 8.52. The third-order valence-electron chi connectivity index (χ3n) is 3.85. The van der Waals surface area contributed by atoms with Gasteiger partial charge in [-0.3, -0.25) is 4.79 Å². The largest absolute Gasteiger partial charge is 0.508 e. The number of carbonyl (C=O) groups is 1.